The third kappa shape index (κ3) is 69.1. The number of esters is 2. The molecule has 84 heavy (non-hydrogen) atoms. The molecule has 0 aliphatic heterocycles. The summed E-state index contributed by atoms with van der Waals surface area (Å²) >= 11 is 0. The lowest BCUT2D eigenvalue weighted by Crippen LogP contribution is -2.37. The van der Waals surface area contributed by atoms with Gasteiger partial charge in [0, 0.05) is 12.8 Å². The number of nitrogens with zero attached hydrogens (tertiary/aromatic N) is 1. The first-order valence-corrected chi connectivity index (χ1v) is 37.9. The van der Waals surface area contributed by atoms with Crippen molar-refractivity contribution >= 4 is 19.8 Å². The van der Waals surface area contributed by atoms with Gasteiger partial charge in [0.15, 0.2) is 6.10 Å². The average molecular weight is 1200 g/mol. The maximum absolute atomic E-state index is 12.9. The van der Waals surface area contributed by atoms with E-state index < -0.39 is 26.5 Å². The number of phosphoric acid groups is 1. The Labute approximate surface area is 522 Å². The largest absolute Gasteiger partial charge is 0.472 e. The van der Waals surface area contributed by atoms with Crippen LogP contribution in [0.3, 0.4) is 0 Å². The van der Waals surface area contributed by atoms with Crippen LogP contribution in [0.2, 0.25) is 0 Å². The van der Waals surface area contributed by atoms with E-state index in [2.05, 4.69) is 62.5 Å². The minimum absolute atomic E-state index is 0.0336. The molecule has 1 N–H and O–H groups in total. The van der Waals surface area contributed by atoms with Gasteiger partial charge in [0.1, 0.15) is 19.8 Å². The number of allylic oxidation sites excluding steroid dienone is 8. The van der Waals surface area contributed by atoms with E-state index in [1.54, 1.807) is 0 Å². The van der Waals surface area contributed by atoms with Crippen LogP contribution in [0.1, 0.15) is 361 Å². The fourth-order valence-corrected chi connectivity index (χ4v) is 11.5. The lowest BCUT2D eigenvalue weighted by atomic mass is 10.0. The maximum atomic E-state index is 12.9. The summed E-state index contributed by atoms with van der Waals surface area (Å²) in [5, 5.41) is 0. The minimum atomic E-state index is -4.39. The maximum Gasteiger partial charge on any atom is 0.472 e. The zero-order valence-electron chi connectivity index (χ0n) is 56.4. The number of hydrogen-bond acceptors (Lipinski definition) is 7. The molecule has 0 bridgehead atoms. The SMILES string of the molecule is CCCCCCC/C=C\C/C=C\C/C=C\CCCCCCCCCCCCCCCCCCCCC(=O)OC(COC(=O)CCCCCCCCCCCCCCCCC/C=C\CCCCCCCCCC)COP(=O)(O)OCC[N+](C)(C)C. The molecule has 0 aromatic carbocycles. The molecule has 0 saturated heterocycles. The second-order valence-electron chi connectivity index (χ2n) is 26.0. The van der Waals surface area contributed by atoms with E-state index in [1.807, 2.05) is 21.1 Å². The molecule has 2 unspecified atom stereocenters. The molecule has 0 spiro atoms. The number of quaternary nitrogens is 1. The second kappa shape index (κ2) is 65.4. The van der Waals surface area contributed by atoms with Crippen LogP contribution in [-0.4, -0.2) is 74.9 Å². The Morgan fingerprint density at radius 1 is 0.369 bits per heavy atom. The Kier molecular flexibility index (Phi) is 63.8. The Hall–Kier alpha value is -2.03. The molecule has 0 aliphatic carbocycles. The van der Waals surface area contributed by atoms with Crippen molar-refractivity contribution < 1.29 is 42.1 Å². The number of phosphoric ester groups is 1. The molecule has 0 rings (SSSR count). The van der Waals surface area contributed by atoms with E-state index in [4.69, 9.17) is 18.5 Å². The molecule has 0 heterocycles. The molecule has 0 aliphatic rings. The number of rotatable bonds is 68. The first-order chi connectivity index (χ1) is 41.0. The predicted molar refractivity (Wildman–Crippen MR) is 363 cm³/mol. The van der Waals surface area contributed by atoms with Crippen molar-refractivity contribution in [3.8, 4) is 0 Å². The highest BCUT2D eigenvalue weighted by Crippen LogP contribution is 2.43. The van der Waals surface area contributed by atoms with E-state index in [1.165, 1.54) is 283 Å². The first-order valence-electron chi connectivity index (χ1n) is 36.4. The normalized spacial score (nSPS) is 13.4. The standard InChI is InChI=1S/C74H140NO8P/c1-6-8-10-12-14-16-18-20-22-24-26-28-30-32-34-35-36-37-38-39-41-43-45-47-49-51-53-55-57-59-61-63-65-67-74(77)83-72(71-82-84(78,79)81-69-68-75(3,4)5)70-80-73(76)66-64-62-60-58-56-54-52-50-48-46-44-42-40-33-31-29-27-25-23-21-19-17-15-13-11-9-7-2/h18,20,24-27,30,32,72H,6-17,19,21-23,28-29,31,33-71H2,1-5H3/p+1/b20-18-,26-24-,27-25-,32-30-. The van der Waals surface area contributed by atoms with Gasteiger partial charge in [-0.05, 0) is 77.0 Å². The Morgan fingerprint density at radius 3 is 0.964 bits per heavy atom. The van der Waals surface area contributed by atoms with Gasteiger partial charge in [0.05, 0.1) is 27.7 Å². The summed E-state index contributed by atoms with van der Waals surface area (Å²) in [5.74, 6) is -0.778. The first kappa shape index (κ1) is 82.0. The molecule has 0 fully saturated rings. The number of likely N-dealkylation sites (N-methyl/N-ethyl adjacent to an activating group) is 1. The summed E-state index contributed by atoms with van der Waals surface area (Å²) < 4.78 is 34.8. The molecule has 9 nitrogen and oxygen atoms in total. The molecular formula is C74H141NO8P+. The van der Waals surface area contributed by atoms with Crippen molar-refractivity contribution in [3.63, 3.8) is 0 Å². The minimum Gasteiger partial charge on any atom is -0.462 e. The van der Waals surface area contributed by atoms with Crippen molar-refractivity contribution in [2.75, 3.05) is 47.5 Å². The van der Waals surface area contributed by atoms with Gasteiger partial charge < -0.3 is 18.9 Å². The van der Waals surface area contributed by atoms with E-state index >= 15 is 0 Å². The fourth-order valence-electron chi connectivity index (χ4n) is 10.7. The zero-order chi connectivity index (χ0) is 61.2. The molecule has 0 aromatic rings. The summed E-state index contributed by atoms with van der Waals surface area (Å²) in [6, 6.07) is 0. The van der Waals surface area contributed by atoms with Crippen LogP contribution in [-0.2, 0) is 32.7 Å². The van der Waals surface area contributed by atoms with Gasteiger partial charge in [0.2, 0.25) is 0 Å². The summed E-state index contributed by atoms with van der Waals surface area (Å²) in [4.78, 5) is 35.9. The Balaban J connectivity index is 3.99. The van der Waals surface area contributed by atoms with Gasteiger partial charge in [-0.2, -0.15) is 0 Å². The van der Waals surface area contributed by atoms with E-state index in [-0.39, 0.29) is 25.6 Å². The number of hydrogen-bond donors (Lipinski definition) is 1. The van der Waals surface area contributed by atoms with Crippen molar-refractivity contribution in [1.29, 1.82) is 0 Å². The summed E-state index contributed by atoms with van der Waals surface area (Å²) in [6.45, 7) is 4.48. The highest BCUT2D eigenvalue weighted by Gasteiger charge is 2.27. The summed E-state index contributed by atoms with van der Waals surface area (Å²) in [7, 11) is 1.49. The lowest BCUT2D eigenvalue weighted by Gasteiger charge is -2.24. The highest BCUT2D eigenvalue weighted by molar-refractivity contribution is 7.47. The predicted octanol–water partition coefficient (Wildman–Crippen LogP) is 23.6. The summed E-state index contributed by atoms with van der Waals surface area (Å²) in [5.41, 5.74) is 0. The van der Waals surface area contributed by atoms with E-state index in [0.717, 1.165) is 44.9 Å². The average Bonchev–Trinajstić information content (AvgIpc) is 3.61. The molecule has 10 heteroatoms. The Bertz CT molecular complexity index is 1560. The van der Waals surface area contributed by atoms with Crippen molar-refractivity contribution in [1.82, 2.24) is 0 Å². The summed E-state index contributed by atoms with van der Waals surface area (Å²) in [6.07, 6.45) is 85.1. The van der Waals surface area contributed by atoms with Gasteiger partial charge >= 0.3 is 19.8 Å². The quantitative estimate of drug-likeness (QED) is 0.0211. The number of carbonyl (C=O) groups excluding carboxylic acids is 2. The zero-order valence-corrected chi connectivity index (χ0v) is 57.3. The molecule has 0 aromatic heterocycles. The van der Waals surface area contributed by atoms with Crippen LogP contribution < -0.4 is 0 Å². The van der Waals surface area contributed by atoms with Gasteiger partial charge in [-0.15, -0.1) is 0 Å². The molecule has 0 radical (unpaired) electrons. The van der Waals surface area contributed by atoms with Gasteiger partial charge in [-0.3, -0.25) is 18.6 Å². The molecule has 494 valence electrons. The molecule has 0 amide bonds. The van der Waals surface area contributed by atoms with Crippen LogP contribution in [0.15, 0.2) is 48.6 Å². The van der Waals surface area contributed by atoms with Crippen LogP contribution in [0, 0.1) is 0 Å². The second-order valence-corrected chi connectivity index (χ2v) is 27.4. The third-order valence-corrected chi connectivity index (χ3v) is 17.3. The Morgan fingerprint density at radius 2 is 0.643 bits per heavy atom. The highest BCUT2D eigenvalue weighted by atomic mass is 31.2. The molecular weight excluding hydrogens is 1060 g/mol. The number of ether oxygens (including phenoxy) is 2. The lowest BCUT2D eigenvalue weighted by molar-refractivity contribution is -0.870. The number of unbranched alkanes of at least 4 members (excludes halogenated alkanes) is 46. The van der Waals surface area contributed by atoms with Crippen molar-refractivity contribution in [2.24, 2.45) is 0 Å². The van der Waals surface area contributed by atoms with Crippen LogP contribution in [0.5, 0.6) is 0 Å². The monoisotopic (exact) mass is 1200 g/mol. The topological polar surface area (TPSA) is 108 Å². The molecule has 0 saturated carbocycles. The van der Waals surface area contributed by atoms with Gasteiger partial charge in [0.25, 0.3) is 0 Å². The van der Waals surface area contributed by atoms with Gasteiger partial charge in [-0.1, -0.05) is 319 Å². The van der Waals surface area contributed by atoms with Crippen LogP contribution >= 0.6 is 7.82 Å². The van der Waals surface area contributed by atoms with E-state index in [0.29, 0.717) is 23.9 Å². The van der Waals surface area contributed by atoms with Gasteiger partial charge in [-0.25, -0.2) is 4.57 Å². The van der Waals surface area contributed by atoms with Crippen molar-refractivity contribution in [3.05, 3.63) is 48.6 Å². The van der Waals surface area contributed by atoms with Crippen LogP contribution in [0.25, 0.3) is 0 Å². The number of carbonyl (C=O) groups is 2. The molecule has 2 atom stereocenters. The fraction of sp³-hybridized carbons (Fsp3) is 0.865. The third-order valence-electron chi connectivity index (χ3n) is 16.3. The van der Waals surface area contributed by atoms with E-state index in [9.17, 15) is 19.0 Å². The smallest absolute Gasteiger partial charge is 0.462 e. The van der Waals surface area contributed by atoms with Crippen LogP contribution in [0.4, 0.5) is 0 Å². The van der Waals surface area contributed by atoms with Crippen molar-refractivity contribution in [2.45, 2.75) is 367 Å².